The maximum absolute atomic E-state index is 5.90. The van der Waals surface area contributed by atoms with E-state index in [1.54, 1.807) is 0 Å². The Labute approximate surface area is 134 Å². The van der Waals surface area contributed by atoms with E-state index in [4.69, 9.17) is 8.94 Å². The molecule has 120 valence electrons. The standard InChI is InChI=1S/C17H20N4O2/c1-11(16-19-14-5-3-4-6-15(14)22-16)21-9-7-13(8-10-21)17-18-12(2)20-23-17/h3-6,11,13H,7-10H2,1-2H3. The van der Waals surface area contributed by atoms with Crippen molar-refractivity contribution in [3.8, 4) is 0 Å². The SMILES string of the molecule is Cc1noc(C2CCN(C(C)c3nc4ccccc4o3)CC2)n1. The van der Waals surface area contributed by atoms with E-state index in [0.717, 1.165) is 48.8 Å². The summed E-state index contributed by atoms with van der Waals surface area (Å²) in [6.45, 7) is 5.97. The molecule has 0 saturated carbocycles. The number of likely N-dealkylation sites (tertiary alicyclic amines) is 1. The summed E-state index contributed by atoms with van der Waals surface area (Å²) in [6, 6.07) is 8.08. The van der Waals surface area contributed by atoms with Crippen molar-refractivity contribution in [2.24, 2.45) is 0 Å². The molecule has 4 rings (SSSR count). The first kappa shape index (κ1) is 14.4. The molecule has 0 radical (unpaired) electrons. The minimum atomic E-state index is 0.174. The molecule has 6 nitrogen and oxygen atoms in total. The zero-order chi connectivity index (χ0) is 15.8. The van der Waals surface area contributed by atoms with Crippen LogP contribution in [0.2, 0.25) is 0 Å². The molecular formula is C17H20N4O2. The van der Waals surface area contributed by atoms with E-state index in [1.165, 1.54) is 0 Å². The summed E-state index contributed by atoms with van der Waals surface area (Å²) in [5.74, 6) is 2.64. The summed E-state index contributed by atoms with van der Waals surface area (Å²) in [5, 5.41) is 3.89. The highest BCUT2D eigenvalue weighted by atomic mass is 16.5. The van der Waals surface area contributed by atoms with E-state index >= 15 is 0 Å². The summed E-state index contributed by atoms with van der Waals surface area (Å²) >= 11 is 0. The van der Waals surface area contributed by atoms with Gasteiger partial charge >= 0.3 is 0 Å². The molecule has 3 heterocycles. The smallest absolute Gasteiger partial charge is 0.229 e. The fourth-order valence-electron chi connectivity index (χ4n) is 3.24. The van der Waals surface area contributed by atoms with Crippen molar-refractivity contribution in [1.29, 1.82) is 0 Å². The van der Waals surface area contributed by atoms with Crippen LogP contribution >= 0.6 is 0 Å². The van der Waals surface area contributed by atoms with Crippen LogP contribution in [0.5, 0.6) is 0 Å². The third-order valence-electron chi connectivity index (χ3n) is 4.64. The minimum absolute atomic E-state index is 0.174. The van der Waals surface area contributed by atoms with Crippen molar-refractivity contribution in [3.05, 3.63) is 41.9 Å². The Morgan fingerprint density at radius 1 is 1.17 bits per heavy atom. The monoisotopic (exact) mass is 312 g/mol. The quantitative estimate of drug-likeness (QED) is 0.737. The summed E-state index contributed by atoms with van der Waals surface area (Å²) < 4.78 is 11.2. The number of fused-ring (bicyclic) bond motifs is 1. The van der Waals surface area contributed by atoms with Crippen LogP contribution in [-0.4, -0.2) is 33.1 Å². The Kier molecular flexibility index (Phi) is 3.61. The Morgan fingerprint density at radius 2 is 1.96 bits per heavy atom. The Morgan fingerprint density at radius 3 is 2.65 bits per heavy atom. The van der Waals surface area contributed by atoms with Gasteiger partial charge in [0.15, 0.2) is 11.4 Å². The van der Waals surface area contributed by atoms with Gasteiger partial charge in [-0.3, -0.25) is 4.90 Å². The molecule has 1 atom stereocenters. The van der Waals surface area contributed by atoms with Crippen LogP contribution in [0.25, 0.3) is 11.1 Å². The first-order valence-electron chi connectivity index (χ1n) is 8.10. The van der Waals surface area contributed by atoms with Crippen LogP contribution in [0.1, 0.15) is 49.3 Å². The fourth-order valence-corrected chi connectivity index (χ4v) is 3.24. The number of oxazole rings is 1. The van der Waals surface area contributed by atoms with Crippen molar-refractivity contribution >= 4 is 11.1 Å². The summed E-state index contributed by atoms with van der Waals surface area (Å²) in [5.41, 5.74) is 1.77. The number of para-hydroxylation sites is 2. The van der Waals surface area contributed by atoms with Crippen molar-refractivity contribution in [2.75, 3.05) is 13.1 Å². The molecule has 0 N–H and O–H groups in total. The topological polar surface area (TPSA) is 68.2 Å². The number of hydrogen-bond donors (Lipinski definition) is 0. The number of piperidine rings is 1. The van der Waals surface area contributed by atoms with Crippen molar-refractivity contribution in [2.45, 2.75) is 38.6 Å². The molecule has 1 aliphatic rings. The molecule has 1 aliphatic heterocycles. The summed E-state index contributed by atoms with van der Waals surface area (Å²) in [7, 11) is 0. The van der Waals surface area contributed by atoms with Crippen LogP contribution in [0.4, 0.5) is 0 Å². The highest BCUT2D eigenvalue weighted by Gasteiger charge is 2.29. The normalized spacial score (nSPS) is 18.5. The number of hydrogen-bond acceptors (Lipinski definition) is 6. The van der Waals surface area contributed by atoms with E-state index in [2.05, 4.69) is 26.9 Å². The Bertz CT molecular complexity index is 769. The van der Waals surface area contributed by atoms with Gasteiger partial charge < -0.3 is 8.94 Å². The number of rotatable bonds is 3. The lowest BCUT2D eigenvalue weighted by Crippen LogP contribution is -2.35. The molecule has 23 heavy (non-hydrogen) atoms. The van der Waals surface area contributed by atoms with E-state index in [-0.39, 0.29) is 6.04 Å². The second kappa shape index (κ2) is 5.77. The summed E-state index contributed by atoms with van der Waals surface area (Å²) in [6.07, 6.45) is 2.04. The second-order valence-corrected chi connectivity index (χ2v) is 6.19. The first-order chi connectivity index (χ1) is 11.2. The molecule has 1 unspecified atom stereocenters. The molecule has 0 bridgehead atoms. The molecule has 0 spiro atoms. The number of aromatic nitrogens is 3. The van der Waals surface area contributed by atoms with Gasteiger partial charge in [-0.1, -0.05) is 17.3 Å². The van der Waals surface area contributed by atoms with Gasteiger partial charge in [0.25, 0.3) is 0 Å². The zero-order valence-corrected chi connectivity index (χ0v) is 13.4. The van der Waals surface area contributed by atoms with Gasteiger partial charge in [0.1, 0.15) is 5.52 Å². The lowest BCUT2D eigenvalue weighted by atomic mass is 9.96. The predicted molar refractivity (Wildman–Crippen MR) is 85.0 cm³/mol. The van der Waals surface area contributed by atoms with Gasteiger partial charge in [-0.2, -0.15) is 4.98 Å². The molecular weight excluding hydrogens is 292 g/mol. The number of aryl methyl sites for hydroxylation is 1. The van der Waals surface area contributed by atoms with Gasteiger partial charge in [-0.15, -0.1) is 0 Å². The third kappa shape index (κ3) is 2.74. The molecule has 3 aromatic rings. The van der Waals surface area contributed by atoms with E-state index < -0.39 is 0 Å². The number of benzene rings is 1. The molecule has 1 saturated heterocycles. The van der Waals surface area contributed by atoms with Crippen LogP contribution in [0.3, 0.4) is 0 Å². The van der Waals surface area contributed by atoms with Crippen LogP contribution in [0.15, 0.2) is 33.2 Å². The third-order valence-corrected chi connectivity index (χ3v) is 4.64. The van der Waals surface area contributed by atoms with Gasteiger partial charge in [-0.05, 0) is 51.9 Å². The first-order valence-corrected chi connectivity index (χ1v) is 8.10. The van der Waals surface area contributed by atoms with Gasteiger partial charge in [0, 0.05) is 5.92 Å². The van der Waals surface area contributed by atoms with E-state index in [0.29, 0.717) is 11.7 Å². The Balaban J connectivity index is 1.45. The highest BCUT2D eigenvalue weighted by Crippen LogP contribution is 2.32. The van der Waals surface area contributed by atoms with Gasteiger partial charge in [-0.25, -0.2) is 4.98 Å². The Hall–Kier alpha value is -2.21. The largest absolute Gasteiger partial charge is 0.439 e. The van der Waals surface area contributed by atoms with Crippen molar-refractivity contribution < 1.29 is 8.94 Å². The van der Waals surface area contributed by atoms with Gasteiger partial charge in [0.05, 0.1) is 6.04 Å². The highest BCUT2D eigenvalue weighted by molar-refractivity contribution is 5.72. The average molecular weight is 312 g/mol. The number of nitrogens with zero attached hydrogens (tertiary/aromatic N) is 4. The molecule has 2 aromatic heterocycles. The van der Waals surface area contributed by atoms with Crippen molar-refractivity contribution in [3.63, 3.8) is 0 Å². The van der Waals surface area contributed by atoms with Crippen LogP contribution in [-0.2, 0) is 0 Å². The zero-order valence-electron chi connectivity index (χ0n) is 13.4. The van der Waals surface area contributed by atoms with E-state index in [9.17, 15) is 0 Å². The average Bonchev–Trinajstić information content (AvgIpc) is 3.20. The molecule has 0 amide bonds. The maximum atomic E-state index is 5.90. The predicted octanol–water partition coefficient (Wildman–Crippen LogP) is 3.46. The molecule has 6 heteroatoms. The fraction of sp³-hybridized carbons (Fsp3) is 0.471. The van der Waals surface area contributed by atoms with Gasteiger partial charge in [0.2, 0.25) is 11.8 Å². The summed E-state index contributed by atoms with van der Waals surface area (Å²) in [4.78, 5) is 11.4. The van der Waals surface area contributed by atoms with Crippen LogP contribution in [0, 0.1) is 6.92 Å². The van der Waals surface area contributed by atoms with Crippen molar-refractivity contribution in [1.82, 2.24) is 20.0 Å². The lowest BCUT2D eigenvalue weighted by molar-refractivity contribution is 0.135. The maximum Gasteiger partial charge on any atom is 0.229 e. The molecule has 0 aliphatic carbocycles. The van der Waals surface area contributed by atoms with Crippen LogP contribution < -0.4 is 0 Å². The minimum Gasteiger partial charge on any atom is -0.439 e. The lowest BCUT2D eigenvalue weighted by Gasteiger charge is -2.33. The molecule has 1 fully saturated rings. The van der Waals surface area contributed by atoms with E-state index in [1.807, 2.05) is 31.2 Å². The molecule has 1 aromatic carbocycles. The second-order valence-electron chi connectivity index (χ2n) is 6.19.